The molecule has 0 aliphatic rings. The van der Waals surface area contributed by atoms with Gasteiger partial charge in [0.25, 0.3) is 0 Å². The van der Waals surface area contributed by atoms with E-state index < -0.39 is 5.97 Å². The average molecular weight is 280 g/mol. The van der Waals surface area contributed by atoms with Gasteiger partial charge in [0.1, 0.15) is 0 Å². The van der Waals surface area contributed by atoms with E-state index in [1.165, 1.54) is 70.6 Å². The lowest BCUT2D eigenvalue weighted by molar-refractivity contribution is -0.135. The fourth-order valence-electron chi connectivity index (χ4n) is 2.22. The van der Waals surface area contributed by atoms with E-state index in [4.69, 9.17) is 5.11 Å². The SMILES string of the molecule is CCCCCCCCCCCCCC=C=CCC(=O)O. The Balaban J connectivity index is 3.13. The number of rotatable bonds is 14. The van der Waals surface area contributed by atoms with Crippen molar-refractivity contribution in [2.75, 3.05) is 0 Å². The molecule has 0 saturated carbocycles. The summed E-state index contributed by atoms with van der Waals surface area (Å²) in [5.74, 6) is -0.791. The van der Waals surface area contributed by atoms with Crippen molar-refractivity contribution in [1.82, 2.24) is 0 Å². The molecule has 0 fully saturated rings. The molecule has 0 saturated heterocycles. The van der Waals surface area contributed by atoms with Crippen molar-refractivity contribution in [1.29, 1.82) is 0 Å². The predicted molar refractivity (Wildman–Crippen MR) is 86.0 cm³/mol. The van der Waals surface area contributed by atoms with E-state index in [0.717, 1.165) is 6.42 Å². The number of carbonyl (C=O) groups is 1. The molecule has 2 nitrogen and oxygen atoms in total. The summed E-state index contributed by atoms with van der Waals surface area (Å²) in [5, 5.41) is 8.43. The molecule has 0 aliphatic carbocycles. The van der Waals surface area contributed by atoms with Crippen molar-refractivity contribution in [2.45, 2.75) is 90.4 Å². The van der Waals surface area contributed by atoms with Crippen LogP contribution in [0.4, 0.5) is 0 Å². The third-order valence-corrected chi connectivity index (χ3v) is 3.46. The summed E-state index contributed by atoms with van der Waals surface area (Å²) < 4.78 is 0. The molecule has 0 aromatic heterocycles. The Kier molecular flexibility index (Phi) is 15.2. The van der Waals surface area contributed by atoms with Crippen LogP contribution in [0.1, 0.15) is 90.4 Å². The number of hydrogen-bond acceptors (Lipinski definition) is 1. The molecule has 0 aliphatic heterocycles. The van der Waals surface area contributed by atoms with E-state index in [1.54, 1.807) is 6.08 Å². The summed E-state index contributed by atoms with van der Waals surface area (Å²) >= 11 is 0. The van der Waals surface area contributed by atoms with Crippen molar-refractivity contribution in [3.05, 3.63) is 17.9 Å². The first kappa shape index (κ1) is 19.0. The van der Waals surface area contributed by atoms with E-state index in [2.05, 4.69) is 12.7 Å². The Morgan fingerprint density at radius 3 is 1.85 bits per heavy atom. The van der Waals surface area contributed by atoms with Crippen LogP contribution >= 0.6 is 0 Å². The monoisotopic (exact) mass is 280 g/mol. The average Bonchev–Trinajstić information content (AvgIpc) is 2.43. The van der Waals surface area contributed by atoms with Gasteiger partial charge in [-0.2, -0.15) is 0 Å². The van der Waals surface area contributed by atoms with Gasteiger partial charge in [0.2, 0.25) is 0 Å². The van der Waals surface area contributed by atoms with Gasteiger partial charge in [0, 0.05) is 0 Å². The zero-order chi connectivity index (χ0) is 14.9. The van der Waals surface area contributed by atoms with E-state index in [-0.39, 0.29) is 6.42 Å². The Hall–Kier alpha value is -1.01. The maximum Gasteiger partial charge on any atom is 0.307 e. The number of hydrogen-bond donors (Lipinski definition) is 1. The second-order valence-corrected chi connectivity index (χ2v) is 5.50. The first-order chi connectivity index (χ1) is 9.77. The normalized spacial score (nSPS) is 10.1. The minimum Gasteiger partial charge on any atom is -0.481 e. The third kappa shape index (κ3) is 17.0. The zero-order valence-electron chi connectivity index (χ0n) is 13.2. The summed E-state index contributed by atoms with van der Waals surface area (Å²) in [6.45, 7) is 2.26. The molecule has 116 valence electrons. The van der Waals surface area contributed by atoms with Crippen LogP contribution in [0.25, 0.3) is 0 Å². The van der Waals surface area contributed by atoms with Gasteiger partial charge in [-0.15, -0.1) is 5.73 Å². The highest BCUT2D eigenvalue weighted by molar-refractivity contribution is 5.68. The van der Waals surface area contributed by atoms with Crippen LogP contribution < -0.4 is 0 Å². The quantitative estimate of drug-likeness (QED) is 0.319. The topological polar surface area (TPSA) is 37.3 Å². The minimum absolute atomic E-state index is 0.0781. The van der Waals surface area contributed by atoms with Crippen molar-refractivity contribution >= 4 is 5.97 Å². The van der Waals surface area contributed by atoms with E-state index >= 15 is 0 Å². The molecule has 20 heavy (non-hydrogen) atoms. The highest BCUT2D eigenvalue weighted by Crippen LogP contribution is 2.11. The van der Waals surface area contributed by atoms with Crippen LogP contribution in [0.2, 0.25) is 0 Å². The molecular weight excluding hydrogens is 248 g/mol. The fraction of sp³-hybridized carbons (Fsp3) is 0.778. The van der Waals surface area contributed by atoms with Gasteiger partial charge in [0.05, 0.1) is 6.42 Å². The van der Waals surface area contributed by atoms with Gasteiger partial charge in [-0.3, -0.25) is 4.79 Å². The van der Waals surface area contributed by atoms with Crippen LogP contribution in [-0.4, -0.2) is 11.1 Å². The molecule has 0 atom stereocenters. The van der Waals surface area contributed by atoms with Gasteiger partial charge in [-0.1, -0.05) is 71.1 Å². The maximum absolute atomic E-state index is 10.2. The first-order valence-corrected chi connectivity index (χ1v) is 8.38. The largest absolute Gasteiger partial charge is 0.481 e. The van der Waals surface area contributed by atoms with Crippen LogP contribution in [0.3, 0.4) is 0 Å². The van der Waals surface area contributed by atoms with Gasteiger partial charge < -0.3 is 5.11 Å². The summed E-state index contributed by atoms with van der Waals surface area (Å²) in [6.07, 6.45) is 19.6. The smallest absolute Gasteiger partial charge is 0.307 e. The molecule has 1 N–H and O–H groups in total. The summed E-state index contributed by atoms with van der Waals surface area (Å²) in [4.78, 5) is 10.2. The second kappa shape index (κ2) is 16.0. The Labute approximate surface area is 125 Å². The first-order valence-electron chi connectivity index (χ1n) is 8.38. The molecule has 2 heteroatoms. The summed E-state index contributed by atoms with van der Waals surface area (Å²) in [5.41, 5.74) is 2.92. The Morgan fingerprint density at radius 1 is 0.850 bits per heavy atom. The van der Waals surface area contributed by atoms with Crippen molar-refractivity contribution in [3.8, 4) is 0 Å². The second-order valence-electron chi connectivity index (χ2n) is 5.50. The minimum atomic E-state index is -0.791. The van der Waals surface area contributed by atoms with Gasteiger partial charge in [0.15, 0.2) is 0 Å². The van der Waals surface area contributed by atoms with Gasteiger partial charge in [-0.25, -0.2) is 0 Å². The molecule has 0 aromatic rings. The van der Waals surface area contributed by atoms with E-state index in [1.807, 2.05) is 6.08 Å². The zero-order valence-corrected chi connectivity index (χ0v) is 13.2. The van der Waals surface area contributed by atoms with Gasteiger partial charge in [-0.05, 0) is 25.0 Å². The van der Waals surface area contributed by atoms with E-state index in [9.17, 15) is 4.79 Å². The van der Waals surface area contributed by atoms with Crippen LogP contribution in [0.15, 0.2) is 17.9 Å². The van der Waals surface area contributed by atoms with Crippen molar-refractivity contribution in [3.63, 3.8) is 0 Å². The summed E-state index contributed by atoms with van der Waals surface area (Å²) in [6, 6.07) is 0. The lowest BCUT2D eigenvalue weighted by atomic mass is 10.1. The molecule has 0 heterocycles. The predicted octanol–water partition coefficient (Wildman–Crippen LogP) is 5.87. The molecular formula is C18H32O2. The Bertz CT molecular complexity index is 275. The fourth-order valence-corrected chi connectivity index (χ4v) is 2.22. The maximum atomic E-state index is 10.2. The molecule has 0 radical (unpaired) electrons. The van der Waals surface area contributed by atoms with Crippen molar-refractivity contribution in [2.24, 2.45) is 0 Å². The molecule has 0 amide bonds. The standard InChI is InChI=1S/C18H32O2/c1-2-3-4-5-6-7-8-9-10-11-12-13-14-15-16-17-18(19)20/h14,16H,2-13,17H2,1H3,(H,19,20). The Morgan fingerprint density at radius 2 is 1.35 bits per heavy atom. The number of aliphatic carboxylic acids is 1. The molecule has 0 bridgehead atoms. The molecule has 0 rings (SSSR count). The summed E-state index contributed by atoms with van der Waals surface area (Å²) in [7, 11) is 0. The van der Waals surface area contributed by atoms with E-state index in [0.29, 0.717) is 0 Å². The van der Waals surface area contributed by atoms with Crippen LogP contribution in [0, 0.1) is 0 Å². The van der Waals surface area contributed by atoms with Crippen LogP contribution in [-0.2, 0) is 4.79 Å². The highest BCUT2D eigenvalue weighted by atomic mass is 16.4. The number of carboxylic acids is 1. The molecule has 0 aromatic carbocycles. The number of carboxylic acid groups (broad SMARTS) is 1. The third-order valence-electron chi connectivity index (χ3n) is 3.46. The van der Waals surface area contributed by atoms with Crippen molar-refractivity contribution < 1.29 is 9.90 Å². The van der Waals surface area contributed by atoms with Gasteiger partial charge >= 0.3 is 5.97 Å². The molecule has 0 spiro atoms. The van der Waals surface area contributed by atoms with Crippen LogP contribution in [0.5, 0.6) is 0 Å². The highest BCUT2D eigenvalue weighted by Gasteiger charge is 1.92. The number of unbranched alkanes of at least 4 members (excludes halogenated alkanes) is 11. The lowest BCUT2D eigenvalue weighted by Crippen LogP contribution is -1.88. The molecule has 0 unspecified atom stereocenters. The lowest BCUT2D eigenvalue weighted by Gasteiger charge is -2.01.